The van der Waals surface area contributed by atoms with Gasteiger partial charge in [0.2, 0.25) is 0 Å². The summed E-state index contributed by atoms with van der Waals surface area (Å²) >= 11 is 0. The molecule has 0 aliphatic heterocycles. The Kier molecular flexibility index (Phi) is 3.82. The van der Waals surface area contributed by atoms with Gasteiger partial charge in [0.1, 0.15) is 17.1 Å². The Morgan fingerprint density at radius 3 is 2.68 bits per heavy atom. The lowest BCUT2D eigenvalue weighted by Gasteiger charge is -2.10. The van der Waals surface area contributed by atoms with Gasteiger partial charge in [0.25, 0.3) is 0 Å². The van der Waals surface area contributed by atoms with E-state index in [1.54, 1.807) is 42.5 Å². The molecule has 98 valence electrons. The molecule has 0 saturated heterocycles. The van der Waals surface area contributed by atoms with Crippen LogP contribution in [0.25, 0.3) is 0 Å². The number of ether oxygens (including phenoxy) is 1. The van der Waals surface area contributed by atoms with Crippen molar-refractivity contribution < 1.29 is 19.7 Å². The van der Waals surface area contributed by atoms with E-state index in [1.165, 1.54) is 0 Å². The molecule has 0 amide bonds. The molecule has 4 nitrogen and oxygen atoms in total. The van der Waals surface area contributed by atoms with Crippen LogP contribution in [0.5, 0.6) is 11.5 Å². The Hall–Kier alpha value is -2.33. The van der Waals surface area contributed by atoms with E-state index in [0.717, 1.165) is 5.56 Å². The summed E-state index contributed by atoms with van der Waals surface area (Å²) in [6, 6.07) is 11.9. The van der Waals surface area contributed by atoms with Gasteiger partial charge in [-0.05, 0) is 36.8 Å². The molecule has 2 N–H and O–H groups in total. The lowest BCUT2D eigenvalue weighted by Crippen LogP contribution is -2.00. The van der Waals surface area contributed by atoms with Crippen LogP contribution >= 0.6 is 0 Å². The monoisotopic (exact) mass is 258 g/mol. The third-order valence-corrected chi connectivity index (χ3v) is 2.67. The number of carbonyl (C=O) groups is 1. The fourth-order valence-corrected chi connectivity index (χ4v) is 1.73. The minimum Gasteiger partial charge on any atom is -0.478 e. The lowest BCUT2D eigenvalue weighted by molar-refractivity contribution is 0.0694. The van der Waals surface area contributed by atoms with Gasteiger partial charge in [0.15, 0.2) is 0 Å². The molecule has 0 unspecified atom stereocenters. The highest BCUT2D eigenvalue weighted by Gasteiger charge is 2.12. The summed E-state index contributed by atoms with van der Waals surface area (Å²) in [6.07, 6.45) is 0. The van der Waals surface area contributed by atoms with E-state index in [9.17, 15) is 4.79 Å². The van der Waals surface area contributed by atoms with Gasteiger partial charge in [-0.1, -0.05) is 23.8 Å². The quantitative estimate of drug-likeness (QED) is 0.884. The van der Waals surface area contributed by atoms with Gasteiger partial charge in [0, 0.05) is 0 Å². The highest BCUT2D eigenvalue weighted by atomic mass is 16.5. The number of benzene rings is 2. The molecular weight excluding hydrogens is 244 g/mol. The van der Waals surface area contributed by atoms with Gasteiger partial charge in [0.05, 0.1) is 6.61 Å². The standard InChI is InChI=1S/C15H14O4/c1-10-5-6-14(13(7-10)15(17)18)19-12-4-2-3-11(8-12)9-16/h2-8,16H,9H2,1H3,(H,17,18). The molecule has 0 aromatic heterocycles. The van der Waals surface area contributed by atoms with E-state index in [2.05, 4.69) is 0 Å². The van der Waals surface area contributed by atoms with Gasteiger partial charge in [-0.2, -0.15) is 0 Å². The van der Waals surface area contributed by atoms with Crippen LogP contribution in [-0.4, -0.2) is 16.2 Å². The topological polar surface area (TPSA) is 66.8 Å². The molecule has 4 heteroatoms. The Balaban J connectivity index is 2.34. The zero-order valence-electron chi connectivity index (χ0n) is 10.5. The molecule has 0 heterocycles. The lowest BCUT2D eigenvalue weighted by atomic mass is 10.1. The van der Waals surface area contributed by atoms with Crippen molar-refractivity contribution >= 4 is 5.97 Å². The highest BCUT2D eigenvalue weighted by molar-refractivity contribution is 5.91. The number of carboxylic acids is 1. The minimum atomic E-state index is -1.03. The van der Waals surface area contributed by atoms with E-state index in [1.807, 2.05) is 6.92 Å². The van der Waals surface area contributed by atoms with Crippen LogP contribution in [0.2, 0.25) is 0 Å². The maximum Gasteiger partial charge on any atom is 0.339 e. The third-order valence-electron chi connectivity index (χ3n) is 2.67. The number of rotatable bonds is 4. The number of aliphatic hydroxyl groups excluding tert-OH is 1. The molecule has 0 saturated carbocycles. The van der Waals surface area contributed by atoms with Crippen molar-refractivity contribution in [2.24, 2.45) is 0 Å². The van der Waals surface area contributed by atoms with E-state index in [0.29, 0.717) is 11.3 Å². The summed E-state index contributed by atoms with van der Waals surface area (Å²) in [5.74, 6) is -0.247. The molecule has 0 fully saturated rings. The molecule has 0 radical (unpaired) electrons. The van der Waals surface area contributed by atoms with Crippen LogP contribution in [-0.2, 0) is 6.61 Å². The SMILES string of the molecule is Cc1ccc(Oc2cccc(CO)c2)c(C(=O)O)c1. The number of hydrogen-bond acceptors (Lipinski definition) is 3. The van der Waals surface area contributed by atoms with Crippen LogP contribution in [0.3, 0.4) is 0 Å². The van der Waals surface area contributed by atoms with Crippen LogP contribution in [0.4, 0.5) is 0 Å². The largest absolute Gasteiger partial charge is 0.478 e. The molecule has 19 heavy (non-hydrogen) atoms. The zero-order chi connectivity index (χ0) is 13.8. The molecule has 0 aliphatic carbocycles. The number of hydrogen-bond donors (Lipinski definition) is 2. The molecule has 2 aromatic carbocycles. The van der Waals surface area contributed by atoms with Crippen molar-refractivity contribution in [3.63, 3.8) is 0 Å². The van der Waals surface area contributed by atoms with Crippen LogP contribution in [0.15, 0.2) is 42.5 Å². The van der Waals surface area contributed by atoms with E-state index in [-0.39, 0.29) is 17.9 Å². The molecule has 0 atom stereocenters. The smallest absolute Gasteiger partial charge is 0.339 e. The van der Waals surface area contributed by atoms with Crippen molar-refractivity contribution in [2.45, 2.75) is 13.5 Å². The van der Waals surface area contributed by atoms with E-state index in [4.69, 9.17) is 14.9 Å². The summed E-state index contributed by atoms with van der Waals surface area (Å²) in [4.78, 5) is 11.2. The third kappa shape index (κ3) is 3.11. The Morgan fingerprint density at radius 2 is 2.00 bits per heavy atom. The predicted molar refractivity (Wildman–Crippen MR) is 70.6 cm³/mol. The van der Waals surface area contributed by atoms with Gasteiger partial charge >= 0.3 is 5.97 Å². The van der Waals surface area contributed by atoms with Crippen LogP contribution in [0.1, 0.15) is 21.5 Å². The second kappa shape index (κ2) is 5.54. The molecule has 0 bridgehead atoms. The average molecular weight is 258 g/mol. The summed E-state index contributed by atoms with van der Waals surface area (Å²) in [5, 5.41) is 18.2. The van der Waals surface area contributed by atoms with Crippen molar-refractivity contribution in [3.05, 3.63) is 59.2 Å². The summed E-state index contributed by atoms with van der Waals surface area (Å²) < 4.78 is 5.58. The van der Waals surface area contributed by atoms with Gasteiger partial charge < -0.3 is 14.9 Å². The minimum absolute atomic E-state index is 0.0864. The van der Waals surface area contributed by atoms with Crippen molar-refractivity contribution in [3.8, 4) is 11.5 Å². The first-order valence-electron chi connectivity index (χ1n) is 5.82. The van der Waals surface area contributed by atoms with Crippen molar-refractivity contribution in [2.75, 3.05) is 0 Å². The number of carboxylic acid groups (broad SMARTS) is 1. The van der Waals surface area contributed by atoms with E-state index >= 15 is 0 Å². The van der Waals surface area contributed by atoms with E-state index < -0.39 is 5.97 Å². The number of aromatic carboxylic acids is 1. The second-order valence-electron chi connectivity index (χ2n) is 4.21. The van der Waals surface area contributed by atoms with Crippen molar-refractivity contribution in [1.29, 1.82) is 0 Å². The van der Waals surface area contributed by atoms with Crippen LogP contribution < -0.4 is 4.74 Å². The normalized spacial score (nSPS) is 10.2. The second-order valence-corrected chi connectivity index (χ2v) is 4.21. The molecule has 2 rings (SSSR count). The van der Waals surface area contributed by atoms with Gasteiger partial charge in [-0.25, -0.2) is 4.79 Å². The first-order chi connectivity index (χ1) is 9.10. The maximum atomic E-state index is 11.2. The number of aryl methyl sites for hydroxylation is 1. The van der Waals surface area contributed by atoms with Gasteiger partial charge in [-0.15, -0.1) is 0 Å². The molecule has 0 aliphatic rings. The maximum absolute atomic E-state index is 11.2. The van der Waals surface area contributed by atoms with Gasteiger partial charge in [-0.3, -0.25) is 0 Å². The average Bonchev–Trinajstić information content (AvgIpc) is 2.41. The fraction of sp³-hybridized carbons (Fsp3) is 0.133. The molecular formula is C15H14O4. The number of aliphatic hydroxyl groups is 1. The fourth-order valence-electron chi connectivity index (χ4n) is 1.73. The first-order valence-corrected chi connectivity index (χ1v) is 5.82. The Labute approximate surface area is 110 Å². The Morgan fingerprint density at radius 1 is 1.21 bits per heavy atom. The van der Waals surface area contributed by atoms with Crippen LogP contribution in [0, 0.1) is 6.92 Å². The zero-order valence-corrected chi connectivity index (χ0v) is 10.5. The highest BCUT2D eigenvalue weighted by Crippen LogP contribution is 2.27. The summed E-state index contributed by atoms with van der Waals surface area (Å²) in [5.41, 5.74) is 1.68. The molecule has 2 aromatic rings. The summed E-state index contributed by atoms with van der Waals surface area (Å²) in [6.45, 7) is 1.74. The first kappa shape index (κ1) is 13.1. The predicted octanol–water partition coefficient (Wildman–Crippen LogP) is 2.98. The van der Waals surface area contributed by atoms with Crippen molar-refractivity contribution in [1.82, 2.24) is 0 Å². The summed E-state index contributed by atoms with van der Waals surface area (Å²) in [7, 11) is 0. The Bertz CT molecular complexity index is 605. The molecule has 0 spiro atoms.